The maximum Gasteiger partial charge on any atom is 0.164 e. The van der Waals surface area contributed by atoms with E-state index >= 15 is 0 Å². The monoisotopic (exact) mass is 234 g/mol. The zero-order valence-electron chi connectivity index (χ0n) is 6.48. The van der Waals surface area contributed by atoms with Crippen LogP contribution in [0, 0.1) is 0 Å². The standard InChI is InChI=1S/C9H5Cl3O/c1-2-3-13-9-7(11)4-6(10)5-8(9)12/h3-5H,1H2. The molecule has 1 nitrogen and oxygen atoms in total. The third-order valence-corrected chi connectivity index (χ3v) is 2.00. The molecule has 0 aromatic heterocycles. The fraction of sp³-hybridized carbons (Fsp3) is 0. The van der Waals surface area contributed by atoms with Gasteiger partial charge in [-0.25, -0.2) is 0 Å². The average Bonchev–Trinajstić information content (AvgIpc) is 2.02. The quantitative estimate of drug-likeness (QED) is 0.548. The van der Waals surface area contributed by atoms with Crippen LogP contribution in [0.5, 0.6) is 5.75 Å². The Bertz CT molecular complexity index is 344. The van der Waals surface area contributed by atoms with E-state index in [0.29, 0.717) is 20.8 Å². The van der Waals surface area contributed by atoms with Crippen molar-refractivity contribution in [3.63, 3.8) is 0 Å². The summed E-state index contributed by atoms with van der Waals surface area (Å²) in [7, 11) is 0. The fourth-order valence-corrected chi connectivity index (χ4v) is 1.65. The molecule has 0 fully saturated rings. The van der Waals surface area contributed by atoms with Gasteiger partial charge in [0.2, 0.25) is 0 Å². The van der Waals surface area contributed by atoms with Crippen molar-refractivity contribution in [3.05, 3.63) is 45.8 Å². The van der Waals surface area contributed by atoms with E-state index in [2.05, 4.69) is 12.3 Å². The van der Waals surface area contributed by atoms with E-state index in [9.17, 15) is 0 Å². The van der Waals surface area contributed by atoms with Gasteiger partial charge in [-0.15, -0.1) is 0 Å². The van der Waals surface area contributed by atoms with Gasteiger partial charge in [-0.1, -0.05) is 47.1 Å². The Hall–Kier alpha value is -0.590. The van der Waals surface area contributed by atoms with Crippen molar-refractivity contribution >= 4 is 34.8 Å². The van der Waals surface area contributed by atoms with Crippen LogP contribution in [0.25, 0.3) is 0 Å². The van der Waals surface area contributed by atoms with Crippen LogP contribution in [0.3, 0.4) is 0 Å². The number of hydrogen-bond acceptors (Lipinski definition) is 1. The summed E-state index contributed by atoms with van der Waals surface area (Å²) in [6.07, 6.45) is 1.26. The van der Waals surface area contributed by atoms with Crippen LogP contribution >= 0.6 is 34.8 Å². The van der Waals surface area contributed by atoms with Crippen LogP contribution in [0.1, 0.15) is 0 Å². The highest BCUT2D eigenvalue weighted by Gasteiger charge is 2.07. The van der Waals surface area contributed by atoms with Crippen molar-refractivity contribution in [1.29, 1.82) is 0 Å². The topological polar surface area (TPSA) is 9.23 Å². The second-order valence-electron chi connectivity index (χ2n) is 2.14. The molecule has 0 amide bonds. The molecule has 0 saturated carbocycles. The molecule has 0 N–H and O–H groups in total. The Morgan fingerprint density at radius 2 is 1.77 bits per heavy atom. The van der Waals surface area contributed by atoms with E-state index in [1.807, 2.05) is 0 Å². The van der Waals surface area contributed by atoms with Gasteiger partial charge in [0, 0.05) is 5.02 Å². The van der Waals surface area contributed by atoms with Gasteiger partial charge in [-0.2, -0.15) is 0 Å². The van der Waals surface area contributed by atoms with Gasteiger partial charge in [-0.3, -0.25) is 0 Å². The highest BCUT2D eigenvalue weighted by molar-refractivity contribution is 6.40. The van der Waals surface area contributed by atoms with Crippen LogP contribution in [-0.2, 0) is 0 Å². The van der Waals surface area contributed by atoms with Gasteiger partial charge >= 0.3 is 0 Å². The second-order valence-corrected chi connectivity index (χ2v) is 3.39. The molecule has 4 heteroatoms. The molecular weight excluding hydrogens is 230 g/mol. The molecule has 1 aromatic rings. The fourth-order valence-electron chi connectivity index (χ4n) is 0.742. The van der Waals surface area contributed by atoms with Crippen molar-refractivity contribution in [3.8, 4) is 5.75 Å². The lowest BCUT2D eigenvalue weighted by atomic mass is 10.3. The number of rotatable bonds is 2. The lowest BCUT2D eigenvalue weighted by Gasteiger charge is -2.04. The van der Waals surface area contributed by atoms with E-state index in [-0.39, 0.29) is 0 Å². The molecule has 1 aromatic carbocycles. The summed E-state index contributed by atoms with van der Waals surface area (Å²) in [4.78, 5) is 0. The lowest BCUT2D eigenvalue weighted by molar-refractivity contribution is 0.483. The Labute approximate surface area is 91.2 Å². The molecular formula is C9H5Cl3O. The molecule has 0 saturated heterocycles. The van der Waals surface area contributed by atoms with Gasteiger partial charge in [0.05, 0.1) is 10.0 Å². The predicted octanol–water partition coefficient (Wildman–Crippen LogP) is 4.32. The first-order valence-corrected chi connectivity index (χ1v) is 4.44. The third-order valence-electron chi connectivity index (χ3n) is 1.22. The number of ether oxygens (including phenoxy) is 1. The molecule has 0 aliphatic rings. The zero-order chi connectivity index (χ0) is 9.84. The normalized spacial score (nSPS) is 9.15. The Kier molecular flexibility index (Phi) is 3.71. The molecule has 1 rings (SSSR count). The van der Waals surface area contributed by atoms with Crippen molar-refractivity contribution in [2.24, 2.45) is 0 Å². The summed E-state index contributed by atoms with van der Waals surface area (Å²) in [5.74, 6) is 0.351. The molecule has 0 aliphatic carbocycles. The molecule has 0 atom stereocenters. The summed E-state index contributed by atoms with van der Waals surface area (Å²) in [6.45, 7) is 3.33. The van der Waals surface area contributed by atoms with E-state index in [1.54, 1.807) is 12.1 Å². The summed E-state index contributed by atoms with van der Waals surface area (Å²) in [6, 6.07) is 3.09. The number of hydrogen-bond donors (Lipinski definition) is 0. The van der Waals surface area contributed by atoms with E-state index in [0.717, 1.165) is 0 Å². The molecule has 68 valence electrons. The Balaban J connectivity index is 3.12. The van der Waals surface area contributed by atoms with Crippen LogP contribution in [0.2, 0.25) is 15.1 Å². The molecule has 0 aliphatic heterocycles. The highest BCUT2D eigenvalue weighted by atomic mass is 35.5. The minimum Gasteiger partial charge on any atom is -0.454 e. The highest BCUT2D eigenvalue weighted by Crippen LogP contribution is 2.35. The van der Waals surface area contributed by atoms with Gasteiger partial charge < -0.3 is 4.74 Å². The number of benzene rings is 1. The van der Waals surface area contributed by atoms with Crippen LogP contribution in [0.4, 0.5) is 0 Å². The summed E-state index contributed by atoms with van der Waals surface area (Å²) in [5.41, 5.74) is 2.44. The third kappa shape index (κ3) is 2.68. The van der Waals surface area contributed by atoms with Crippen molar-refractivity contribution in [2.45, 2.75) is 0 Å². The van der Waals surface area contributed by atoms with E-state index in [1.165, 1.54) is 6.26 Å². The summed E-state index contributed by atoms with van der Waals surface area (Å²) >= 11 is 17.3. The first kappa shape index (κ1) is 10.5. The second kappa shape index (κ2) is 4.59. The van der Waals surface area contributed by atoms with Crippen LogP contribution < -0.4 is 4.74 Å². The molecule has 0 spiro atoms. The SMILES string of the molecule is C=C=COc1c(Cl)cc(Cl)cc1Cl. The van der Waals surface area contributed by atoms with E-state index < -0.39 is 0 Å². The Morgan fingerprint density at radius 3 is 2.23 bits per heavy atom. The molecule has 0 bridgehead atoms. The van der Waals surface area contributed by atoms with Crippen molar-refractivity contribution < 1.29 is 4.74 Å². The van der Waals surface area contributed by atoms with Crippen molar-refractivity contribution in [1.82, 2.24) is 0 Å². The van der Waals surface area contributed by atoms with Crippen LogP contribution in [-0.4, -0.2) is 0 Å². The van der Waals surface area contributed by atoms with Crippen molar-refractivity contribution in [2.75, 3.05) is 0 Å². The first-order valence-electron chi connectivity index (χ1n) is 3.30. The zero-order valence-corrected chi connectivity index (χ0v) is 8.75. The summed E-state index contributed by atoms with van der Waals surface area (Å²) in [5, 5.41) is 1.16. The van der Waals surface area contributed by atoms with Gasteiger partial charge in [0.1, 0.15) is 6.26 Å². The van der Waals surface area contributed by atoms with Gasteiger partial charge in [0.25, 0.3) is 0 Å². The largest absolute Gasteiger partial charge is 0.454 e. The molecule has 13 heavy (non-hydrogen) atoms. The maximum atomic E-state index is 5.81. The smallest absolute Gasteiger partial charge is 0.164 e. The lowest BCUT2D eigenvalue weighted by Crippen LogP contribution is -1.84. The predicted molar refractivity (Wildman–Crippen MR) is 55.8 cm³/mol. The van der Waals surface area contributed by atoms with Gasteiger partial charge in [-0.05, 0) is 12.1 Å². The number of halogens is 3. The minimum absolute atomic E-state index is 0.351. The maximum absolute atomic E-state index is 5.81. The first-order chi connectivity index (χ1) is 6.15. The molecule has 0 radical (unpaired) electrons. The average molecular weight is 235 g/mol. The van der Waals surface area contributed by atoms with Crippen LogP contribution in [0.15, 0.2) is 30.7 Å². The molecule has 0 heterocycles. The minimum atomic E-state index is 0.351. The van der Waals surface area contributed by atoms with E-state index in [4.69, 9.17) is 39.5 Å². The Morgan fingerprint density at radius 1 is 1.23 bits per heavy atom. The van der Waals surface area contributed by atoms with Gasteiger partial charge in [0.15, 0.2) is 5.75 Å². The summed E-state index contributed by atoms with van der Waals surface area (Å²) < 4.78 is 5.05. The molecule has 0 unspecified atom stereocenters.